The standard InChI is InChI=1S/C14H10O4/c15-11(7-6-10-4-2-1-3-5-10)8-12-9-13(16)14(17)18-12/h1-9,16H/b7-6+,12-8+. The molecule has 4 heteroatoms. The van der Waals surface area contributed by atoms with Gasteiger partial charge in [-0.25, -0.2) is 4.79 Å². The Labute approximate surface area is 104 Å². The van der Waals surface area contributed by atoms with Crippen LogP contribution in [0, 0.1) is 0 Å². The van der Waals surface area contributed by atoms with Gasteiger partial charge < -0.3 is 9.84 Å². The number of esters is 1. The number of benzene rings is 1. The molecule has 0 atom stereocenters. The molecule has 0 fully saturated rings. The molecule has 1 aliphatic rings. The molecule has 0 amide bonds. The number of carbonyl (C=O) groups is 2. The lowest BCUT2D eigenvalue weighted by Gasteiger charge is -1.93. The maximum absolute atomic E-state index is 11.5. The molecule has 1 heterocycles. The molecule has 0 aliphatic carbocycles. The van der Waals surface area contributed by atoms with Crippen molar-refractivity contribution in [1.82, 2.24) is 0 Å². The van der Waals surface area contributed by atoms with Crippen molar-refractivity contribution in [2.24, 2.45) is 0 Å². The van der Waals surface area contributed by atoms with Crippen molar-refractivity contribution in [3.63, 3.8) is 0 Å². The summed E-state index contributed by atoms with van der Waals surface area (Å²) < 4.78 is 4.62. The summed E-state index contributed by atoms with van der Waals surface area (Å²) in [7, 11) is 0. The zero-order valence-electron chi connectivity index (χ0n) is 9.37. The Bertz CT molecular complexity index is 565. The van der Waals surface area contributed by atoms with Crippen LogP contribution in [0.2, 0.25) is 0 Å². The molecule has 0 saturated heterocycles. The quantitative estimate of drug-likeness (QED) is 0.651. The highest BCUT2D eigenvalue weighted by Crippen LogP contribution is 2.14. The van der Waals surface area contributed by atoms with Gasteiger partial charge in [0.15, 0.2) is 5.78 Å². The maximum Gasteiger partial charge on any atom is 0.378 e. The third-order valence-electron chi connectivity index (χ3n) is 2.22. The van der Waals surface area contributed by atoms with E-state index in [1.165, 1.54) is 6.08 Å². The lowest BCUT2D eigenvalue weighted by atomic mass is 10.2. The van der Waals surface area contributed by atoms with E-state index in [4.69, 9.17) is 5.11 Å². The zero-order chi connectivity index (χ0) is 13.0. The van der Waals surface area contributed by atoms with Crippen molar-refractivity contribution in [1.29, 1.82) is 0 Å². The Morgan fingerprint density at radius 3 is 2.56 bits per heavy atom. The van der Waals surface area contributed by atoms with Gasteiger partial charge in [0.2, 0.25) is 5.76 Å². The Morgan fingerprint density at radius 1 is 1.22 bits per heavy atom. The minimum absolute atomic E-state index is 0.0419. The number of cyclic esters (lactones) is 1. The van der Waals surface area contributed by atoms with Gasteiger partial charge in [-0.05, 0) is 11.6 Å². The lowest BCUT2D eigenvalue weighted by Crippen LogP contribution is -1.98. The van der Waals surface area contributed by atoms with Gasteiger partial charge in [0.1, 0.15) is 5.76 Å². The van der Waals surface area contributed by atoms with E-state index in [0.717, 1.165) is 17.7 Å². The van der Waals surface area contributed by atoms with E-state index in [0.29, 0.717) is 0 Å². The van der Waals surface area contributed by atoms with Crippen LogP contribution in [-0.2, 0) is 14.3 Å². The van der Waals surface area contributed by atoms with Crippen molar-refractivity contribution in [3.05, 3.63) is 65.6 Å². The van der Waals surface area contributed by atoms with Crippen LogP contribution < -0.4 is 0 Å². The predicted octanol–water partition coefficient (Wildman–Crippen LogP) is 2.15. The van der Waals surface area contributed by atoms with Gasteiger partial charge in [-0.3, -0.25) is 4.79 Å². The second kappa shape index (κ2) is 5.14. The van der Waals surface area contributed by atoms with Gasteiger partial charge in [0.05, 0.1) is 0 Å². The summed E-state index contributed by atoms with van der Waals surface area (Å²) >= 11 is 0. The van der Waals surface area contributed by atoms with Gasteiger partial charge in [-0.15, -0.1) is 0 Å². The fourth-order valence-electron chi connectivity index (χ4n) is 1.38. The fourth-order valence-corrected chi connectivity index (χ4v) is 1.38. The fraction of sp³-hybridized carbons (Fsp3) is 0. The number of rotatable bonds is 3. The smallest absolute Gasteiger partial charge is 0.378 e. The zero-order valence-corrected chi connectivity index (χ0v) is 9.37. The molecule has 90 valence electrons. The monoisotopic (exact) mass is 242 g/mol. The minimum atomic E-state index is -0.846. The summed E-state index contributed by atoms with van der Waals surface area (Å²) in [5.74, 6) is -1.63. The number of aliphatic hydroxyl groups is 1. The lowest BCUT2D eigenvalue weighted by molar-refractivity contribution is -0.135. The number of hydrogen-bond donors (Lipinski definition) is 1. The first kappa shape index (κ1) is 11.9. The molecule has 0 bridgehead atoms. The predicted molar refractivity (Wildman–Crippen MR) is 65.4 cm³/mol. The Morgan fingerprint density at radius 2 is 1.94 bits per heavy atom. The van der Waals surface area contributed by atoms with Gasteiger partial charge >= 0.3 is 5.97 Å². The van der Waals surface area contributed by atoms with Crippen LogP contribution in [0.3, 0.4) is 0 Å². The summed E-state index contributed by atoms with van der Waals surface area (Å²) in [6.07, 6.45) is 5.26. The van der Waals surface area contributed by atoms with E-state index in [1.54, 1.807) is 6.08 Å². The highest BCUT2D eigenvalue weighted by atomic mass is 16.6. The average molecular weight is 242 g/mol. The van der Waals surface area contributed by atoms with E-state index in [9.17, 15) is 9.59 Å². The van der Waals surface area contributed by atoms with Crippen molar-refractivity contribution < 1.29 is 19.4 Å². The van der Waals surface area contributed by atoms with E-state index in [1.807, 2.05) is 30.3 Å². The number of hydrogen-bond acceptors (Lipinski definition) is 4. The van der Waals surface area contributed by atoms with E-state index < -0.39 is 11.7 Å². The Hall–Kier alpha value is -2.62. The molecule has 0 saturated carbocycles. The van der Waals surface area contributed by atoms with Crippen molar-refractivity contribution in [3.8, 4) is 0 Å². The van der Waals surface area contributed by atoms with E-state index in [2.05, 4.69) is 4.74 Å². The van der Waals surface area contributed by atoms with E-state index >= 15 is 0 Å². The van der Waals surface area contributed by atoms with Crippen LogP contribution in [0.25, 0.3) is 6.08 Å². The number of ether oxygens (including phenoxy) is 1. The first-order valence-corrected chi connectivity index (χ1v) is 5.27. The summed E-state index contributed by atoms with van der Waals surface area (Å²) in [5.41, 5.74) is 0.894. The largest absolute Gasteiger partial charge is 0.502 e. The molecule has 1 N–H and O–H groups in total. The van der Waals surface area contributed by atoms with Crippen molar-refractivity contribution >= 4 is 17.8 Å². The number of allylic oxidation sites excluding steroid dienone is 3. The van der Waals surface area contributed by atoms with Crippen LogP contribution in [-0.4, -0.2) is 16.9 Å². The Balaban J connectivity index is 2.04. The highest BCUT2D eigenvalue weighted by Gasteiger charge is 2.20. The highest BCUT2D eigenvalue weighted by molar-refractivity contribution is 6.03. The van der Waals surface area contributed by atoms with Gasteiger partial charge in [-0.1, -0.05) is 36.4 Å². The van der Waals surface area contributed by atoms with Crippen LogP contribution in [0.1, 0.15) is 5.56 Å². The number of carbonyl (C=O) groups excluding carboxylic acids is 2. The minimum Gasteiger partial charge on any atom is -0.502 e. The maximum atomic E-state index is 11.5. The number of ketones is 1. The second-order valence-corrected chi connectivity index (χ2v) is 3.61. The average Bonchev–Trinajstić information content (AvgIpc) is 2.67. The summed E-state index contributed by atoms with van der Waals surface area (Å²) in [6, 6.07) is 9.33. The summed E-state index contributed by atoms with van der Waals surface area (Å²) in [4.78, 5) is 22.4. The molecule has 0 aromatic heterocycles. The first-order chi connectivity index (χ1) is 8.65. The van der Waals surface area contributed by atoms with Gasteiger partial charge in [0.25, 0.3) is 0 Å². The molecule has 0 spiro atoms. The summed E-state index contributed by atoms with van der Waals surface area (Å²) in [5, 5.41) is 9.01. The SMILES string of the molecule is O=C(/C=C/c1ccccc1)/C=C1\C=C(O)C(=O)O1. The van der Waals surface area contributed by atoms with E-state index in [-0.39, 0.29) is 11.5 Å². The third kappa shape index (κ3) is 2.95. The van der Waals surface area contributed by atoms with Gasteiger partial charge in [-0.2, -0.15) is 0 Å². The second-order valence-electron chi connectivity index (χ2n) is 3.61. The molecular formula is C14H10O4. The molecule has 1 aromatic rings. The third-order valence-corrected chi connectivity index (χ3v) is 2.22. The van der Waals surface area contributed by atoms with Crippen LogP contribution >= 0.6 is 0 Å². The molecule has 1 aromatic carbocycles. The van der Waals surface area contributed by atoms with Crippen LogP contribution in [0.15, 0.2) is 60.1 Å². The van der Waals surface area contributed by atoms with Crippen LogP contribution in [0.5, 0.6) is 0 Å². The van der Waals surface area contributed by atoms with Crippen molar-refractivity contribution in [2.75, 3.05) is 0 Å². The van der Waals surface area contributed by atoms with Crippen molar-refractivity contribution in [2.45, 2.75) is 0 Å². The Kier molecular flexibility index (Phi) is 3.38. The molecule has 2 rings (SSSR count). The molecule has 0 unspecified atom stereocenters. The van der Waals surface area contributed by atoms with Gasteiger partial charge in [0, 0.05) is 12.2 Å². The summed E-state index contributed by atoms with van der Waals surface area (Å²) in [6.45, 7) is 0. The molecule has 18 heavy (non-hydrogen) atoms. The van der Waals surface area contributed by atoms with Crippen LogP contribution in [0.4, 0.5) is 0 Å². The first-order valence-electron chi connectivity index (χ1n) is 5.27. The normalized spacial score (nSPS) is 17.0. The molecular weight excluding hydrogens is 232 g/mol. The molecule has 4 nitrogen and oxygen atoms in total. The molecule has 1 aliphatic heterocycles. The topological polar surface area (TPSA) is 63.6 Å². The number of aliphatic hydroxyl groups excluding tert-OH is 1. The molecule has 0 radical (unpaired) electrons.